The average Bonchev–Trinajstić information content (AvgIpc) is 3.34. The number of anilines is 1. The summed E-state index contributed by atoms with van der Waals surface area (Å²) < 4.78 is 11.0. The van der Waals surface area contributed by atoms with E-state index in [0.29, 0.717) is 23.0 Å². The molecule has 0 atom stereocenters. The number of hydrogen-bond acceptors (Lipinski definition) is 6. The van der Waals surface area contributed by atoms with E-state index in [0.717, 1.165) is 42.0 Å². The van der Waals surface area contributed by atoms with Crippen molar-refractivity contribution in [2.24, 2.45) is 4.99 Å². The molecule has 0 bridgehead atoms. The molecular weight excluding hydrogens is 448 g/mol. The number of nitrogens with zero attached hydrogens (tertiary/aromatic N) is 4. The third-order valence-electron chi connectivity index (χ3n) is 6.37. The van der Waals surface area contributed by atoms with Gasteiger partial charge in [-0.3, -0.25) is 14.7 Å². The molecule has 1 aliphatic heterocycles. The Hall–Kier alpha value is -3.54. The molecule has 8 heteroatoms. The number of aliphatic imine (C=N–C) groups is 1. The topological polar surface area (TPSA) is 82.1 Å². The molecule has 2 fully saturated rings. The lowest BCUT2D eigenvalue weighted by molar-refractivity contribution is -0.131. The van der Waals surface area contributed by atoms with Gasteiger partial charge in [0.05, 0.1) is 0 Å². The minimum absolute atomic E-state index is 0.0327. The van der Waals surface area contributed by atoms with Gasteiger partial charge in [0, 0.05) is 24.1 Å². The number of thiocarbonyl (C=S) groups is 1. The summed E-state index contributed by atoms with van der Waals surface area (Å²) >= 11 is 5.82. The Bertz CT molecular complexity index is 1250. The Morgan fingerprint density at radius 3 is 2.56 bits per heavy atom. The van der Waals surface area contributed by atoms with Crippen molar-refractivity contribution in [3.63, 3.8) is 0 Å². The summed E-state index contributed by atoms with van der Waals surface area (Å²) in [5.74, 6) is 1.48. The van der Waals surface area contributed by atoms with E-state index in [1.807, 2.05) is 54.3 Å². The fourth-order valence-electron chi connectivity index (χ4n) is 4.51. The standard InChI is InChI=1S/C26H26N4O3S/c1-17(22(15-27)28-3)14-18(2)29-24(31)26(12-5-13-26)30(25(29)34)20-8-6-19(7-9-20)23-11-10-21(33-23)16-32-4/h6-11,14H,3,5,12-13,16H2,1-2,4H3/b18-14+,22-17-. The van der Waals surface area contributed by atoms with Crippen molar-refractivity contribution in [3.05, 3.63) is 65.2 Å². The van der Waals surface area contributed by atoms with E-state index < -0.39 is 5.54 Å². The molecule has 1 amide bonds. The van der Waals surface area contributed by atoms with Gasteiger partial charge in [-0.15, -0.1) is 0 Å². The number of rotatable bonds is 7. The third-order valence-corrected chi connectivity index (χ3v) is 6.73. The van der Waals surface area contributed by atoms with E-state index in [1.54, 1.807) is 25.0 Å². The van der Waals surface area contributed by atoms with Crippen LogP contribution < -0.4 is 4.90 Å². The van der Waals surface area contributed by atoms with Gasteiger partial charge in [-0.25, -0.2) is 0 Å². The van der Waals surface area contributed by atoms with Crippen LogP contribution in [0.5, 0.6) is 0 Å². The fourth-order valence-corrected chi connectivity index (χ4v) is 5.02. The van der Waals surface area contributed by atoms with Crippen molar-refractivity contribution in [1.82, 2.24) is 4.90 Å². The second-order valence-corrected chi connectivity index (χ2v) is 8.84. The van der Waals surface area contributed by atoms with Crippen molar-refractivity contribution < 1.29 is 13.9 Å². The van der Waals surface area contributed by atoms with Crippen LogP contribution in [0.4, 0.5) is 5.69 Å². The molecule has 1 aliphatic carbocycles. The summed E-state index contributed by atoms with van der Waals surface area (Å²) in [7, 11) is 1.63. The van der Waals surface area contributed by atoms with Crippen LogP contribution in [0.3, 0.4) is 0 Å². The maximum Gasteiger partial charge on any atom is 0.259 e. The Balaban J connectivity index is 1.66. The zero-order valence-electron chi connectivity index (χ0n) is 19.5. The smallest absolute Gasteiger partial charge is 0.259 e. The average molecular weight is 475 g/mol. The molecule has 7 nitrogen and oxygen atoms in total. The van der Waals surface area contributed by atoms with Gasteiger partial charge in [0.1, 0.15) is 35.4 Å². The summed E-state index contributed by atoms with van der Waals surface area (Å²) in [5.41, 5.74) is 2.61. The van der Waals surface area contributed by atoms with Crippen molar-refractivity contribution in [3.8, 4) is 17.4 Å². The molecule has 1 aromatic carbocycles. The van der Waals surface area contributed by atoms with Gasteiger partial charge in [0.25, 0.3) is 5.91 Å². The summed E-state index contributed by atoms with van der Waals surface area (Å²) in [4.78, 5) is 20.9. The molecular formula is C26H26N4O3S. The second-order valence-electron chi connectivity index (χ2n) is 8.48. The number of methoxy groups -OCH3 is 1. The van der Waals surface area contributed by atoms with Crippen LogP contribution in [0.2, 0.25) is 0 Å². The largest absolute Gasteiger partial charge is 0.459 e. The summed E-state index contributed by atoms with van der Waals surface area (Å²) in [6.45, 7) is 7.44. The molecule has 1 saturated heterocycles. The number of amides is 1. The monoisotopic (exact) mass is 474 g/mol. The molecule has 1 saturated carbocycles. The third kappa shape index (κ3) is 3.87. The number of ether oxygens (including phenoxy) is 1. The number of hydrogen-bond donors (Lipinski definition) is 0. The van der Waals surface area contributed by atoms with E-state index in [-0.39, 0.29) is 11.6 Å². The Morgan fingerprint density at radius 2 is 2.00 bits per heavy atom. The SMILES string of the molecule is C=N/C(C#N)=C(C)\C=C(/C)N1C(=O)C2(CCC2)N(c2ccc(-c3ccc(COC)o3)cc2)C1=S. The van der Waals surface area contributed by atoms with E-state index in [4.69, 9.17) is 21.4 Å². The number of furan rings is 1. The first-order chi connectivity index (χ1) is 16.4. The minimum Gasteiger partial charge on any atom is -0.459 e. The van der Waals surface area contributed by atoms with Crippen LogP contribution in [0, 0.1) is 11.3 Å². The molecule has 1 aromatic heterocycles. The molecule has 2 aliphatic rings. The van der Waals surface area contributed by atoms with Gasteiger partial charge in [0.2, 0.25) is 0 Å². The molecule has 2 heterocycles. The first-order valence-corrected chi connectivity index (χ1v) is 11.4. The highest BCUT2D eigenvalue weighted by atomic mass is 32.1. The summed E-state index contributed by atoms with van der Waals surface area (Å²) in [6.07, 6.45) is 4.20. The van der Waals surface area contributed by atoms with E-state index in [2.05, 4.69) is 11.7 Å². The second kappa shape index (κ2) is 9.37. The van der Waals surface area contributed by atoms with Gasteiger partial charge in [-0.2, -0.15) is 5.26 Å². The first kappa shape index (κ1) is 23.6. The maximum absolute atomic E-state index is 13.6. The van der Waals surface area contributed by atoms with Crippen LogP contribution >= 0.6 is 12.2 Å². The predicted octanol–water partition coefficient (Wildman–Crippen LogP) is 5.35. The predicted molar refractivity (Wildman–Crippen MR) is 135 cm³/mol. The summed E-state index contributed by atoms with van der Waals surface area (Å²) in [6, 6.07) is 13.7. The molecule has 1 spiro atoms. The lowest BCUT2D eigenvalue weighted by Crippen LogP contribution is -2.55. The number of nitriles is 1. The molecule has 0 radical (unpaired) electrons. The Kier molecular flexibility index (Phi) is 6.51. The maximum atomic E-state index is 13.6. The van der Waals surface area contributed by atoms with Crippen LogP contribution in [0.15, 0.2) is 68.9 Å². The number of carbonyl (C=O) groups excluding carboxylic acids is 1. The first-order valence-electron chi connectivity index (χ1n) is 11.0. The highest BCUT2D eigenvalue weighted by Gasteiger charge is 2.59. The Morgan fingerprint density at radius 1 is 1.29 bits per heavy atom. The molecule has 0 N–H and O–H groups in total. The lowest BCUT2D eigenvalue weighted by Gasteiger charge is -2.43. The number of allylic oxidation sites excluding steroid dienone is 4. The van der Waals surface area contributed by atoms with Crippen molar-refractivity contribution >= 4 is 35.6 Å². The number of carbonyl (C=O) groups is 1. The van der Waals surface area contributed by atoms with Gasteiger partial charge < -0.3 is 14.1 Å². The molecule has 174 valence electrons. The van der Waals surface area contributed by atoms with Crippen LogP contribution in [-0.2, 0) is 16.1 Å². The van der Waals surface area contributed by atoms with Gasteiger partial charge in [0.15, 0.2) is 5.11 Å². The molecule has 34 heavy (non-hydrogen) atoms. The van der Waals surface area contributed by atoms with Crippen molar-refractivity contribution in [2.45, 2.75) is 45.3 Å². The quantitative estimate of drug-likeness (QED) is 0.233. The Labute approximate surface area is 204 Å². The van der Waals surface area contributed by atoms with Crippen molar-refractivity contribution in [1.29, 1.82) is 5.26 Å². The normalized spacial score (nSPS) is 18.1. The van der Waals surface area contributed by atoms with E-state index >= 15 is 0 Å². The molecule has 4 rings (SSSR count). The van der Waals surface area contributed by atoms with E-state index in [1.165, 1.54) is 0 Å². The lowest BCUT2D eigenvalue weighted by atomic mass is 9.75. The minimum atomic E-state index is -0.670. The number of benzene rings is 1. The van der Waals surface area contributed by atoms with Gasteiger partial charge in [-0.1, -0.05) is 0 Å². The van der Waals surface area contributed by atoms with Crippen LogP contribution in [0.1, 0.15) is 38.9 Å². The fraction of sp³-hybridized carbons (Fsp3) is 0.308. The van der Waals surface area contributed by atoms with Crippen molar-refractivity contribution in [2.75, 3.05) is 12.0 Å². The molecule has 0 unspecified atom stereocenters. The summed E-state index contributed by atoms with van der Waals surface area (Å²) in [5, 5.41) is 9.67. The van der Waals surface area contributed by atoms with E-state index in [9.17, 15) is 10.1 Å². The zero-order valence-corrected chi connectivity index (χ0v) is 20.3. The van der Waals surface area contributed by atoms with Crippen LogP contribution in [0.25, 0.3) is 11.3 Å². The van der Waals surface area contributed by atoms with Gasteiger partial charge in [-0.05, 0) is 100 Å². The highest BCUT2D eigenvalue weighted by molar-refractivity contribution is 7.80. The molecule has 2 aromatic rings. The van der Waals surface area contributed by atoms with Crippen LogP contribution in [-0.4, -0.2) is 35.3 Å². The highest BCUT2D eigenvalue weighted by Crippen LogP contribution is 2.47. The van der Waals surface area contributed by atoms with Gasteiger partial charge >= 0.3 is 0 Å². The zero-order chi connectivity index (χ0) is 24.5.